The molecule has 0 amide bonds. The average molecular weight is 230 g/mol. The second-order valence-corrected chi connectivity index (χ2v) is 4.47. The van der Waals surface area contributed by atoms with E-state index in [-0.39, 0.29) is 5.92 Å². The summed E-state index contributed by atoms with van der Waals surface area (Å²) in [6, 6.07) is 7.58. The highest BCUT2D eigenvalue weighted by Crippen LogP contribution is 2.24. The standard InChI is InChI=1S/C13H14N2O2/c16-13(17)12-10-7-3-5-8-4-1-2-6-9(8)11(10)14-15-12/h1-2,4-6,10,12,14-15H,3,7H2,(H,16,17). The van der Waals surface area contributed by atoms with Gasteiger partial charge in [0, 0.05) is 16.8 Å². The molecular formula is C13H14N2O2. The van der Waals surface area contributed by atoms with Crippen molar-refractivity contribution in [2.75, 3.05) is 0 Å². The molecule has 1 aliphatic carbocycles. The molecule has 17 heavy (non-hydrogen) atoms. The molecule has 3 rings (SSSR count). The van der Waals surface area contributed by atoms with Crippen LogP contribution in [0.25, 0.3) is 11.8 Å². The Morgan fingerprint density at radius 3 is 3.00 bits per heavy atom. The highest BCUT2D eigenvalue weighted by atomic mass is 16.4. The molecule has 0 spiro atoms. The Bertz CT molecular complexity index is 579. The molecule has 2 aliphatic rings. The molecule has 1 aliphatic heterocycles. The van der Waals surface area contributed by atoms with E-state index >= 15 is 0 Å². The van der Waals surface area contributed by atoms with Crippen LogP contribution in [-0.2, 0) is 4.79 Å². The molecule has 0 saturated carbocycles. The number of benzene rings is 1. The summed E-state index contributed by atoms with van der Waals surface area (Å²) in [6.45, 7) is 0. The Morgan fingerprint density at radius 2 is 2.18 bits per heavy atom. The first-order valence-electron chi connectivity index (χ1n) is 5.81. The van der Waals surface area contributed by atoms with Gasteiger partial charge in [-0.1, -0.05) is 30.3 Å². The van der Waals surface area contributed by atoms with E-state index in [1.165, 1.54) is 5.22 Å². The van der Waals surface area contributed by atoms with Crippen LogP contribution in [0.2, 0.25) is 0 Å². The van der Waals surface area contributed by atoms with Crippen molar-refractivity contribution in [2.24, 2.45) is 5.92 Å². The summed E-state index contributed by atoms with van der Waals surface area (Å²) in [4.78, 5) is 11.2. The number of carboxylic acid groups (broad SMARTS) is 1. The average Bonchev–Trinajstić information content (AvgIpc) is 2.66. The Balaban J connectivity index is 2.21. The van der Waals surface area contributed by atoms with Crippen LogP contribution in [0, 0.1) is 5.92 Å². The molecule has 0 aromatic heterocycles. The smallest absolute Gasteiger partial charge is 0.323 e. The Morgan fingerprint density at radius 1 is 1.35 bits per heavy atom. The van der Waals surface area contributed by atoms with Crippen LogP contribution in [0.5, 0.6) is 0 Å². The van der Waals surface area contributed by atoms with Gasteiger partial charge in [-0.15, -0.1) is 0 Å². The van der Waals surface area contributed by atoms with Gasteiger partial charge in [-0.05, 0) is 18.1 Å². The SMILES string of the molecule is O=C(O)C1NNC2=c3ccccc3=CCCC21. The first-order valence-corrected chi connectivity index (χ1v) is 5.81. The third-order valence-electron chi connectivity index (χ3n) is 3.49. The van der Waals surface area contributed by atoms with Gasteiger partial charge >= 0.3 is 5.97 Å². The normalized spacial score (nSPS) is 26.2. The van der Waals surface area contributed by atoms with E-state index in [0.717, 1.165) is 23.8 Å². The molecule has 1 heterocycles. The van der Waals surface area contributed by atoms with Gasteiger partial charge in [0.1, 0.15) is 6.04 Å². The topological polar surface area (TPSA) is 61.4 Å². The fraction of sp³-hybridized carbons (Fsp3) is 0.308. The lowest BCUT2D eigenvalue weighted by atomic mass is 9.93. The van der Waals surface area contributed by atoms with Gasteiger partial charge in [0.15, 0.2) is 0 Å². The Hall–Kier alpha value is -1.81. The molecule has 88 valence electrons. The largest absolute Gasteiger partial charge is 0.480 e. The molecule has 3 N–H and O–H groups in total. The van der Waals surface area contributed by atoms with E-state index in [0.29, 0.717) is 0 Å². The molecule has 2 atom stereocenters. The van der Waals surface area contributed by atoms with Gasteiger partial charge in [-0.25, -0.2) is 5.43 Å². The lowest BCUT2D eigenvalue weighted by Gasteiger charge is -2.12. The van der Waals surface area contributed by atoms with Crippen molar-refractivity contribution in [1.82, 2.24) is 10.9 Å². The number of nitrogens with one attached hydrogen (secondary N) is 2. The molecule has 4 heteroatoms. The van der Waals surface area contributed by atoms with E-state index in [2.05, 4.69) is 23.0 Å². The van der Waals surface area contributed by atoms with Crippen molar-refractivity contribution in [3.05, 3.63) is 34.7 Å². The molecular weight excluding hydrogens is 216 g/mol. The van der Waals surface area contributed by atoms with Crippen LogP contribution in [-0.4, -0.2) is 17.1 Å². The number of hydrazine groups is 1. The van der Waals surface area contributed by atoms with E-state index in [1.807, 2.05) is 18.2 Å². The fourth-order valence-corrected chi connectivity index (χ4v) is 2.67. The molecule has 2 unspecified atom stereocenters. The van der Waals surface area contributed by atoms with Crippen molar-refractivity contribution >= 4 is 17.7 Å². The van der Waals surface area contributed by atoms with Crippen molar-refractivity contribution in [1.29, 1.82) is 0 Å². The number of fused-ring (bicyclic) bond motifs is 2. The van der Waals surface area contributed by atoms with Crippen LogP contribution in [0.15, 0.2) is 24.3 Å². The third-order valence-corrected chi connectivity index (χ3v) is 3.49. The molecule has 1 aromatic rings. The Labute approximate surface area is 98.6 Å². The summed E-state index contributed by atoms with van der Waals surface area (Å²) in [6.07, 6.45) is 3.96. The number of rotatable bonds is 1. The fourth-order valence-electron chi connectivity index (χ4n) is 2.67. The Kier molecular flexibility index (Phi) is 2.37. The van der Waals surface area contributed by atoms with Gasteiger partial charge in [-0.2, -0.15) is 0 Å². The van der Waals surface area contributed by atoms with Crippen LogP contribution < -0.4 is 21.3 Å². The quantitative estimate of drug-likeness (QED) is 0.611. The van der Waals surface area contributed by atoms with Crippen LogP contribution in [0.1, 0.15) is 12.8 Å². The summed E-state index contributed by atoms with van der Waals surface area (Å²) in [7, 11) is 0. The maximum absolute atomic E-state index is 11.2. The predicted octanol–water partition coefficient (Wildman–Crippen LogP) is -0.454. The molecule has 1 fully saturated rings. The maximum Gasteiger partial charge on any atom is 0.323 e. The number of hydrogen-bond donors (Lipinski definition) is 3. The minimum atomic E-state index is -0.795. The monoisotopic (exact) mass is 230 g/mol. The number of aliphatic carboxylic acids is 1. The van der Waals surface area contributed by atoms with Crippen molar-refractivity contribution < 1.29 is 9.90 Å². The number of hydrogen-bond acceptors (Lipinski definition) is 3. The summed E-state index contributed by atoms with van der Waals surface area (Å²) in [5.74, 6) is -0.760. The van der Waals surface area contributed by atoms with E-state index in [9.17, 15) is 4.79 Å². The highest BCUT2D eigenvalue weighted by Gasteiger charge is 2.36. The van der Waals surface area contributed by atoms with Gasteiger partial charge in [0.25, 0.3) is 0 Å². The van der Waals surface area contributed by atoms with Crippen molar-refractivity contribution in [3.63, 3.8) is 0 Å². The summed E-state index contributed by atoms with van der Waals surface area (Å²) < 4.78 is 0. The maximum atomic E-state index is 11.2. The lowest BCUT2D eigenvalue weighted by molar-refractivity contribution is -0.140. The first-order chi connectivity index (χ1) is 8.27. The molecule has 0 bridgehead atoms. The molecule has 0 radical (unpaired) electrons. The summed E-state index contributed by atoms with van der Waals surface area (Å²) in [5.41, 5.74) is 6.93. The number of carbonyl (C=O) groups is 1. The van der Waals surface area contributed by atoms with E-state index < -0.39 is 12.0 Å². The molecule has 1 saturated heterocycles. The van der Waals surface area contributed by atoms with Gasteiger partial charge < -0.3 is 10.5 Å². The molecule has 1 aromatic carbocycles. The second kappa shape index (κ2) is 3.89. The zero-order valence-electron chi connectivity index (χ0n) is 9.31. The van der Waals surface area contributed by atoms with Crippen LogP contribution in [0.4, 0.5) is 0 Å². The highest BCUT2D eigenvalue weighted by molar-refractivity contribution is 5.78. The first kappa shape index (κ1) is 10.4. The van der Waals surface area contributed by atoms with Crippen LogP contribution >= 0.6 is 0 Å². The van der Waals surface area contributed by atoms with Crippen LogP contribution in [0.3, 0.4) is 0 Å². The lowest BCUT2D eigenvalue weighted by Crippen LogP contribution is -2.38. The van der Waals surface area contributed by atoms with E-state index in [4.69, 9.17) is 5.11 Å². The van der Waals surface area contributed by atoms with Crippen molar-refractivity contribution in [3.8, 4) is 0 Å². The van der Waals surface area contributed by atoms with E-state index in [1.54, 1.807) is 0 Å². The van der Waals surface area contributed by atoms with Gasteiger partial charge in [-0.3, -0.25) is 4.79 Å². The number of carboxylic acids is 1. The van der Waals surface area contributed by atoms with Gasteiger partial charge in [0.2, 0.25) is 0 Å². The zero-order valence-corrected chi connectivity index (χ0v) is 9.31. The third kappa shape index (κ3) is 1.61. The second-order valence-electron chi connectivity index (χ2n) is 4.47. The molecule has 4 nitrogen and oxygen atoms in total. The minimum absolute atomic E-state index is 0.0346. The summed E-state index contributed by atoms with van der Waals surface area (Å²) in [5, 5.41) is 11.5. The zero-order chi connectivity index (χ0) is 11.8. The van der Waals surface area contributed by atoms with Gasteiger partial charge in [0.05, 0.1) is 0 Å². The van der Waals surface area contributed by atoms with Crippen molar-refractivity contribution in [2.45, 2.75) is 18.9 Å². The summed E-state index contributed by atoms with van der Waals surface area (Å²) >= 11 is 0. The minimum Gasteiger partial charge on any atom is -0.480 e. The predicted molar refractivity (Wildman–Crippen MR) is 64.0 cm³/mol.